The number of carbonyl (C=O) groups excluding carboxylic acids is 1. The molecular weight excluding hydrogens is 322 g/mol. The van der Waals surface area contributed by atoms with Crippen LogP contribution in [0.4, 0.5) is 10.9 Å². The van der Waals surface area contributed by atoms with Gasteiger partial charge in [0.05, 0.1) is 10.2 Å². The number of fused-ring (bicyclic) bond motifs is 1. The molecule has 1 aliphatic rings. The van der Waals surface area contributed by atoms with Gasteiger partial charge in [-0.25, -0.2) is 9.97 Å². The Hall–Kier alpha value is -2.67. The van der Waals surface area contributed by atoms with Gasteiger partial charge in [-0.2, -0.15) is 0 Å². The first-order valence-electron chi connectivity index (χ1n) is 7.82. The fourth-order valence-corrected chi connectivity index (χ4v) is 3.93. The van der Waals surface area contributed by atoms with E-state index >= 15 is 0 Å². The van der Waals surface area contributed by atoms with E-state index in [1.54, 1.807) is 17.4 Å². The Morgan fingerprint density at radius 3 is 2.58 bits per heavy atom. The number of primary amides is 1. The number of benzene rings is 1. The summed E-state index contributed by atoms with van der Waals surface area (Å²) >= 11 is 1.61. The minimum absolute atomic E-state index is 0.407. The summed E-state index contributed by atoms with van der Waals surface area (Å²) in [6, 6.07) is 11.4. The summed E-state index contributed by atoms with van der Waals surface area (Å²) in [7, 11) is 0. The predicted molar refractivity (Wildman–Crippen MR) is 96.8 cm³/mol. The van der Waals surface area contributed by atoms with Gasteiger partial charge in [-0.1, -0.05) is 17.4 Å². The van der Waals surface area contributed by atoms with Crippen molar-refractivity contribution < 1.29 is 4.79 Å². The number of nitrogens with zero attached hydrogens (tertiary/aromatic N) is 4. The van der Waals surface area contributed by atoms with Crippen LogP contribution in [0.1, 0.15) is 10.4 Å². The molecule has 0 atom stereocenters. The summed E-state index contributed by atoms with van der Waals surface area (Å²) in [5, 5.41) is 0.993. The lowest BCUT2D eigenvalue weighted by Gasteiger charge is -2.35. The molecule has 6 nitrogen and oxygen atoms in total. The molecule has 1 saturated heterocycles. The SMILES string of the molecule is NC(=O)c1ccc2nc(N3CCN(c4ccccn4)CC3)sc2c1. The number of anilines is 2. The van der Waals surface area contributed by atoms with Crippen LogP contribution in [0.25, 0.3) is 10.2 Å². The van der Waals surface area contributed by atoms with Crippen LogP contribution < -0.4 is 15.5 Å². The van der Waals surface area contributed by atoms with E-state index in [9.17, 15) is 4.79 Å². The summed E-state index contributed by atoms with van der Waals surface area (Å²) in [5.74, 6) is 0.614. The zero-order chi connectivity index (χ0) is 16.5. The molecule has 3 aromatic rings. The van der Waals surface area contributed by atoms with Gasteiger partial charge in [0.2, 0.25) is 5.91 Å². The summed E-state index contributed by atoms with van der Waals surface area (Å²) < 4.78 is 0.994. The number of carbonyl (C=O) groups is 1. The van der Waals surface area contributed by atoms with E-state index < -0.39 is 5.91 Å². The van der Waals surface area contributed by atoms with Crippen molar-refractivity contribution in [1.82, 2.24) is 9.97 Å². The molecule has 2 N–H and O–H groups in total. The lowest BCUT2D eigenvalue weighted by atomic mass is 10.2. The third-order valence-corrected chi connectivity index (χ3v) is 5.26. The van der Waals surface area contributed by atoms with E-state index in [-0.39, 0.29) is 0 Å². The van der Waals surface area contributed by atoms with Crippen LogP contribution in [0.2, 0.25) is 0 Å². The standard InChI is InChI=1S/C17H17N5OS/c18-16(23)12-4-5-13-14(11-12)24-17(20-13)22-9-7-21(8-10-22)15-3-1-2-6-19-15/h1-6,11H,7-10H2,(H2,18,23). The number of aromatic nitrogens is 2. The Morgan fingerprint density at radius 1 is 1.08 bits per heavy atom. The van der Waals surface area contributed by atoms with Crippen LogP contribution >= 0.6 is 11.3 Å². The Balaban J connectivity index is 1.51. The molecule has 24 heavy (non-hydrogen) atoms. The van der Waals surface area contributed by atoms with Crippen molar-refractivity contribution in [2.45, 2.75) is 0 Å². The highest BCUT2D eigenvalue weighted by Crippen LogP contribution is 2.30. The number of amides is 1. The van der Waals surface area contributed by atoms with Crippen molar-refractivity contribution in [2.75, 3.05) is 36.0 Å². The summed E-state index contributed by atoms with van der Waals surface area (Å²) in [4.78, 5) is 25.0. The number of piperazine rings is 1. The van der Waals surface area contributed by atoms with Crippen molar-refractivity contribution in [3.05, 3.63) is 48.2 Å². The molecule has 4 rings (SSSR count). The van der Waals surface area contributed by atoms with E-state index in [1.807, 2.05) is 36.5 Å². The van der Waals surface area contributed by atoms with E-state index in [2.05, 4.69) is 14.8 Å². The van der Waals surface area contributed by atoms with Crippen LogP contribution in [0.3, 0.4) is 0 Å². The molecule has 1 aromatic carbocycles. The summed E-state index contributed by atoms with van der Waals surface area (Å²) in [5.41, 5.74) is 6.78. The van der Waals surface area contributed by atoms with Gasteiger partial charge in [0, 0.05) is 37.9 Å². The maximum absolute atomic E-state index is 11.3. The molecule has 0 aliphatic carbocycles. The summed E-state index contributed by atoms with van der Waals surface area (Å²) in [6.07, 6.45) is 1.82. The van der Waals surface area contributed by atoms with Crippen LogP contribution in [0.15, 0.2) is 42.6 Å². The van der Waals surface area contributed by atoms with Gasteiger partial charge in [0.1, 0.15) is 5.82 Å². The first-order chi connectivity index (χ1) is 11.7. The first-order valence-corrected chi connectivity index (χ1v) is 8.64. The molecule has 0 bridgehead atoms. The molecular formula is C17H17N5OS. The highest BCUT2D eigenvalue weighted by Gasteiger charge is 2.20. The van der Waals surface area contributed by atoms with Gasteiger partial charge >= 0.3 is 0 Å². The zero-order valence-corrected chi connectivity index (χ0v) is 13.9. The minimum atomic E-state index is -0.407. The maximum Gasteiger partial charge on any atom is 0.248 e. The van der Waals surface area contributed by atoms with Gasteiger partial charge in [0.15, 0.2) is 5.13 Å². The van der Waals surface area contributed by atoms with Gasteiger partial charge in [-0.3, -0.25) is 4.79 Å². The first kappa shape index (κ1) is 14.9. The number of hydrogen-bond acceptors (Lipinski definition) is 6. The molecule has 7 heteroatoms. The maximum atomic E-state index is 11.3. The molecule has 2 aromatic heterocycles. The van der Waals surface area contributed by atoms with Crippen LogP contribution in [-0.2, 0) is 0 Å². The fraction of sp³-hybridized carbons (Fsp3) is 0.235. The topological polar surface area (TPSA) is 75.4 Å². The van der Waals surface area contributed by atoms with Crippen molar-refractivity contribution in [2.24, 2.45) is 5.73 Å². The minimum Gasteiger partial charge on any atom is -0.366 e. The van der Waals surface area contributed by atoms with Crippen molar-refractivity contribution >= 4 is 38.4 Å². The lowest BCUT2D eigenvalue weighted by Crippen LogP contribution is -2.46. The van der Waals surface area contributed by atoms with Crippen molar-refractivity contribution in [3.8, 4) is 0 Å². The summed E-state index contributed by atoms with van der Waals surface area (Å²) in [6.45, 7) is 3.64. The molecule has 122 valence electrons. The van der Waals surface area contributed by atoms with Crippen LogP contribution in [0.5, 0.6) is 0 Å². The average molecular weight is 339 g/mol. The van der Waals surface area contributed by atoms with Gasteiger partial charge in [0.25, 0.3) is 0 Å². The zero-order valence-electron chi connectivity index (χ0n) is 13.1. The third-order valence-electron chi connectivity index (χ3n) is 4.19. The van der Waals surface area contributed by atoms with Gasteiger partial charge in [-0.05, 0) is 30.3 Å². The molecule has 0 spiro atoms. The van der Waals surface area contributed by atoms with Crippen molar-refractivity contribution in [1.29, 1.82) is 0 Å². The molecule has 0 unspecified atom stereocenters. The van der Waals surface area contributed by atoms with E-state index in [1.165, 1.54) is 0 Å². The second kappa shape index (κ2) is 6.09. The number of hydrogen-bond donors (Lipinski definition) is 1. The number of rotatable bonds is 3. The Labute approximate surface area is 143 Å². The average Bonchev–Trinajstić information content (AvgIpc) is 3.06. The van der Waals surface area contributed by atoms with E-state index in [0.29, 0.717) is 5.56 Å². The predicted octanol–water partition coefficient (Wildman–Crippen LogP) is 2.12. The molecule has 3 heterocycles. The second-order valence-corrected chi connectivity index (χ2v) is 6.71. The van der Waals surface area contributed by atoms with E-state index in [0.717, 1.165) is 47.3 Å². The number of thiazole rings is 1. The van der Waals surface area contributed by atoms with Gasteiger partial charge in [-0.15, -0.1) is 0 Å². The van der Waals surface area contributed by atoms with Crippen molar-refractivity contribution in [3.63, 3.8) is 0 Å². The fourth-order valence-electron chi connectivity index (χ4n) is 2.87. The molecule has 1 aliphatic heterocycles. The number of pyridine rings is 1. The molecule has 0 radical (unpaired) electrons. The Bertz CT molecular complexity index is 871. The second-order valence-electron chi connectivity index (χ2n) is 5.71. The number of nitrogens with two attached hydrogens (primary N) is 1. The highest BCUT2D eigenvalue weighted by atomic mass is 32.1. The Morgan fingerprint density at radius 2 is 1.88 bits per heavy atom. The molecule has 0 saturated carbocycles. The van der Waals surface area contributed by atoms with Gasteiger partial charge < -0.3 is 15.5 Å². The van der Waals surface area contributed by atoms with Crippen LogP contribution in [-0.4, -0.2) is 42.1 Å². The largest absolute Gasteiger partial charge is 0.366 e. The molecule has 1 amide bonds. The Kier molecular flexibility index (Phi) is 3.78. The van der Waals surface area contributed by atoms with E-state index in [4.69, 9.17) is 10.7 Å². The third kappa shape index (κ3) is 2.78. The smallest absolute Gasteiger partial charge is 0.248 e. The lowest BCUT2D eigenvalue weighted by molar-refractivity contribution is 0.100. The molecule has 1 fully saturated rings. The van der Waals surface area contributed by atoms with Crippen LogP contribution in [0, 0.1) is 0 Å². The highest BCUT2D eigenvalue weighted by molar-refractivity contribution is 7.22. The monoisotopic (exact) mass is 339 g/mol. The normalized spacial score (nSPS) is 15.0. The quantitative estimate of drug-likeness (QED) is 0.791.